The minimum atomic E-state index is -0.0677. The zero-order valence-corrected chi connectivity index (χ0v) is 14.2. The van der Waals surface area contributed by atoms with Gasteiger partial charge in [0.1, 0.15) is 5.78 Å². The lowest BCUT2D eigenvalue weighted by Crippen LogP contribution is -2.43. The molecule has 0 aromatic carbocycles. The second-order valence-electron chi connectivity index (χ2n) is 7.54. The highest BCUT2D eigenvalue weighted by Gasteiger charge is 2.30. The minimum absolute atomic E-state index is 0.0677. The van der Waals surface area contributed by atoms with Crippen molar-refractivity contribution >= 4 is 12.2 Å². The summed E-state index contributed by atoms with van der Waals surface area (Å²) in [7, 11) is 0. The van der Waals surface area contributed by atoms with Gasteiger partial charge in [0.25, 0.3) is 0 Å². The van der Waals surface area contributed by atoms with Gasteiger partial charge in [-0.3, -0.25) is 14.5 Å². The summed E-state index contributed by atoms with van der Waals surface area (Å²) < 4.78 is 0. The molecule has 2 rings (SSSR count). The molecule has 0 aromatic rings. The van der Waals surface area contributed by atoms with Crippen molar-refractivity contribution in [2.24, 2.45) is 11.8 Å². The summed E-state index contributed by atoms with van der Waals surface area (Å²) in [6, 6.07) is 0. The number of nitrogens with zero attached hydrogens (tertiary/aromatic N) is 1. The van der Waals surface area contributed by atoms with Crippen LogP contribution in [0.1, 0.15) is 59.8 Å². The maximum absolute atomic E-state index is 11.0. The van der Waals surface area contributed by atoms with E-state index in [1.165, 1.54) is 38.6 Å². The third-order valence-corrected chi connectivity index (χ3v) is 4.31. The molecule has 122 valence electrons. The van der Waals surface area contributed by atoms with Gasteiger partial charge in [0.15, 0.2) is 0 Å². The van der Waals surface area contributed by atoms with E-state index >= 15 is 0 Å². The monoisotopic (exact) mass is 296 g/mol. The molecule has 4 nitrogen and oxygen atoms in total. The SMILES string of the molecule is CC(=O)CN1CCC2CCCCC2C1.CC(C)(C)NC=O. The maximum Gasteiger partial charge on any atom is 0.207 e. The molecule has 2 unspecified atom stereocenters. The van der Waals surface area contributed by atoms with Crippen molar-refractivity contribution in [3.8, 4) is 0 Å². The Morgan fingerprint density at radius 2 is 1.81 bits per heavy atom. The molecule has 0 bridgehead atoms. The van der Waals surface area contributed by atoms with Crippen LogP contribution in [0.25, 0.3) is 0 Å². The Morgan fingerprint density at radius 3 is 2.29 bits per heavy atom. The molecular weight excluding hydrogens is 264 g/mol. The van der Waals surface area contributed by atoms with Crippen molar-refractivity contribution in [2.45, 2.75) is 65.3 Å². The van der Waals surface area contributed by atoms with Gasteiger partial charge in [0.05, 0.1) is 6.54 Å². The van der Waals surface area contributed by atoms with Crippen LogP contribution in [0.15, 0.2) is 0 Å². The Balaban J connectivity index is 0.000000270. The molecular formula is C17H32N2O2. The number of amides is 1. The Morgan fingerprint density at radius 1 is 1.19 bits per heavy atom. The van der Waals surface area contributed by atoms with E-state index in [9.17, 15) is 9.59 Å². The van der Waals surface area contributed by atoms with Crippen molar-refractivity contribution in [1.82, 2.24) is 10.2 Å². The van der Waals surface area contributed by atoms with Crippen LogP contribution in [0.4, 0.5) is 0 Å². The molecule has 1 saturated carbocycles. The van der Waals surface area contributed by atoms with Crippen LogP contribution in [0.5, 0.6) is 0 Å². The van der Waals surface area contributed by atoms with Gasteiger partial charge in [0, 0.05) is 12.1 Å². The first kappa shape index (κ1) is 18.1. The lowest BCUT2D eigenvalue weighted by molar-refractivity contribution is -0.118. The van der Waals surface area contributed by atoms with Crippen molar-refractivity contribution in [2.75, 3.05) is 19.6 Å². The van der Waals surface area contributed by atoms with Crippen LogP contribution >= 0.6 is 0 Å². The second-order valence-corrected chi connectivity index (χ2v) is 7.54. The van der Waals surface area contributed by atoms with Crippen LogP contribution in [0.2, 0.25) is 0 Å². The molecule has 1 aliphatic carbocycles. The summed E-state index contributed by atoms with van der Waals surface area (Å²) >= 11 is 0. The molecule has 0 radical (unpaired) electrons. The van der Waals surface area contributed by atoms with Gasteiger partial charge in [-0.2, -0.15) is 0 Å². The fraction of sp³-hybridized carbons (Fsp3) is 0.882. The van der Waals surface area contributed by atoms with E-state index < -0.39 is 0 Å². The Kier molecular flexibility index (Phi) is 7.36. The van der Waals surface area contributed by atoms with E-state index in [4.69, 9.17) is 0 Å². The molecule has 2 atom stereocenters. The number of carbonyl (C=O) groups is 2. The summed E-state index contributed by atoms with van der Waals surface area (Å²) in [5.74, 6) is 2.20. The van der Waals surface area contributed by atoms with Crippen LogP contribution < -0.4 is 5.32 Å². The number of hydrogen-bond donors (Lipinski definition) is 1. The first-order valence-corrected chi connectivity index (χ1v) is 8.25. The maximum atomic E-state index is 11.0. The smallest absolute Gasteiger partial charge is 0.207 e. The van der Waals surface area contributed by atoms with Gasteiger partial charge in [-0.15, -0.1) is 0 Å². The molecule has 1 aliphatic heterocycles. The number of ketones is 1. The van der Waals surface area contributed by atoms with Crippen LogP contribution in [-0.4, -0.2) is 42.3 Å². The Labute approximate surface area is 129 Å². The first-order valence-electron chi connectivity index (χ1n) is 8.25. The first-order chi connectivity index (χ1) is 9.81. The number of nitrogens with one attached hydrogen (secondary N) is 1. The van der Waals surface area contributed by atoms with Crippen LogP contribution in [0, 0.1) is 11.8 Å². The Bertz CT molecular complexity index is 336. The average Bonchev–Trinajstić information content (AvgIpc) is 2.37. The molecule has 21 heavy (non-hydrogen) atoms. The summed E-state index contributed by atoms with van der Waals surface area (Å²) in [6.07, 6.45) is 7.73. The van der Waals surface area contributed by atoms with Crippen molar-refractivity contribution < 1.29 is 9.59 Å². The third kappa shape index (κ3) is 7.60. The van der Waals surface area contributed by atoms with E-state index in [2.05, 4.69) is 10.2 Å². The highest BCUT2D eigenvalue weighted by Crippen LogP contribution is 2.35. The lowest BCUT2D eigenvalue weighted by atomic mass is 9.75. The highest BCUT2D eigenvalue weighted by atomic mass is 16.1. The average molecular weight is 296 g/mol. The number of rotatable bonds is 3. The number of hydrogen-bond acceptors (Lipinski definition) is 3. The molecule has 0 spiro atoms. The van der Waals surface area contributed by atoms with E-state index in [0.29, 0.717) is 18.7 Å². The molecule has 2 fully saturated rings. The standard InChI is InChI=1S/C12H21NO.C5H11NO/c1-10(14)8-13-7-6-11-4-2-3-5-12(11)9-13;1-5(2,3)6-4-7/h11-12H,2-9H2,1H3;4H,1-3H3,(H,6,7). The van der Waals surface area contributed by atoms with E-state index in [1.54, 1.807) is 6.92 Å². The van der Waals surface area contributed by atoms with Gasteiger partial charge in [-0.05, 0) is 58.9 Å². The number of carbonyl (C=O) groups excluding carboxylic acids is 2. The van der Waals surface area contributed by atoms with Gasteiger partial charge in [0.2, 0.25) is 6.41 Å². The second kappa shape index (κ2) is 8.52. The normalized spacial score (nSPS) is 26.1. The highest BCUT2D eigenvalue weighted by molar-refractivity contribution is 5.77. The molecule has 2 aliphatic rings. The molecule has 1 N–H and O–H groups in total. The van der Waals surface area contributed by atoms with E-state index in [-0.39, 0.29) is 5.54 Å². The number of piperidine rings is 1. The minimum Gasteiger partial charge on any atom is -0.354 e. The van der Waals surface area contributed by atoms with Crippen LogP contribution in [-0.2, 0) is 9.59 Å². The van der Waals surface area contributed by atoms with Crippen molar-refractivity contribution in [1.29, 1.82) is 0 Å². The molecule has 1 amide bonds. The van der Waals surface area contributed by atoms with Gasteiger partial charge < -0.3 is 5.32 Å². The van der Waals surface area contributed by atoms with E-state index in [1.807, 2.05) is 20.8 Å². The molecule has 0 aromatic heterocycles. The third-order valence-electron chi connectivity index (χ3n) is 4.31. The largest absolute Gasteiger partial charge is 0.354 e. The summed E-state index contributed by atoms with van der Waals surface area (Å²) in [5.41, 5.74) is -0.0677. The molecule has 1 heterocycles. The zero-order chi connectivity index (χ0) is 15.9. The van der Waals surface area contributed by atoms with Gasteiger partial charge in [-0.1, -0.05) is 19.3 Å². The van der Waals surface area contributed by atoms with Crippen LogP contribution in [0.3, 0.4) is 0 Å². The fourth-order valence-electron chi connectivity index (χ4n) is 3.31. The van der Waals surface area contributed by atoms with Gasteiger partial charge >= 0.3 is 0 Å². The van der Waals surface area contributed by atoms with Crippen molar-refractivity contribution in [3.63, 3.8) is 0 Å². The summed E-state index contributed by atoms with van der Waals surface area (Å²) in [5, 5.41) is 2.60. The van der Waals surface area contributed by atoms with Gasteiger partial charge in [-0.25, -0.2) is 0 Å². The van der Waals surface area contributed by atoms with Crippen molar-refractivity contribution in [3.05, 3.63) is 0 Å². The summed E-state index contributed by atoms with van der Waals surface area (Å²) in [6.45, 7) is 10.5. The predicted octanol–water partition coefficient (Wildman–Crippen LogP) is 2.62. The predicted molar refractivity (Wildman–Crippen MR) is 86.1 cm³/mol. The Hall–Kier alpha value is -0.900. The quantitative estimate of drug-likeness (QED) is 0.815. The lowest BCUT2D eigenvalue weighted by Gasteiger charge is -2.40. The number of likely N-dealkylation sites (tertiary alicyclic amines) is 1. The zero-order valence-electron chi connectivity index (χ0n) is 14.2. The molecule has 1 saturated heterocycles. The van der Waals surface area contributed by atoms with E-state index in [0.717, 1.165) is 18.4 Å². The number of fused-ring (bicyclic) bond motifs is 1. The fourth-order valence-corrected chi connectivity index (χ4v) is 3.31. The molecule has 4 heteroatoms. The summed E-state index contributed by atoms with van der Waals surface area (Å²) in [4.78, 5) is 23.1. The number of Topliss-reactive ketones (excluding diaryl/α,β-unsaturated/α-hetero) is 1. The topological polar surface area (TPSA) is 49.4 Å².